The number of thiophene rings is 1. The molecule has 0 spiro atoms. The molecule has 17 heavy (non-hydrogen) atoms. The third kappa shape index (κ3) is 3.12. The van der Waals surface area contributed by atoms with Crippen molar-refractivity contribution in [3.8, 4) is 0 Å². The van der Waals surface area contributed by atoms with Gasteiger partial charge in [-0.15, -0.1) is 11.3 Å². The molecule has 1 nitrogen and oxygen atoms in total. The van der Waals surface area contributed by atoms with E-state index in [1.54, 1.807) is 11.3 Å². The summed E-state index contributed by atoms with van der Waals surface area (Å²) in [5.41, 5.74) is -0.475. The van der Waals surface area contributed by atoms with Crippen LogP contribution in [0.25, 0.3) is 0 Å². The quantitative estimate of drug-likeness (QED) is 0.862. The van der Waals surface area contributed by atoms with Crippen molar-refractivity contribution < 1.29 is 5.11 Å². The Labute approximate surface area is 116 Å². The average molecular weight is 317 g/mol. The van der Waals surface area contributed by atoms with Crippen LogP contribution in [0.3, 0.4) is 0 Å². The molecule has 0 saturated heterocycles. The number of rotatable bonds is 3. The summed E-state index contributed by atoms with van der Waals surface area (Å²) in [6.45, 7) is 4.48. The second kappa shape index (κ2) is 5.41. The van der Waals surface area contributed by atoms with Gasteiger partial charge in [-0.2, -0.15) is 0 Å². The summed E-state index contributed by atoms with van der Waals surface area (Å²) in [6, 6.07) is 4.22. The molecule has 2 unspecified atom stereocenters. The van der Waals surface area contributed by atoms with Crippen molar-refractivity contribution in [2.24, 2.45) is 11.8 Å². The molecule has 1 aliphatic carbocycles. The molecule has 2 atom stereocenters. The van der Waals surface area contributed by atoms with Gasteiger partial charge < -0.3 is 5.11 Å². The molecule has 1 N–H and O–H groups in total. The van der Waals surface area contributed by atoms with E-state index in [-0.39, 0.29) is 0 Å². The van der Waals surface area contributed by atoms with Crippen molar-refractivity contribution in [2.75, 3.05) is 0 Å². The van der Waals surface area contributed by atoms with E-state index >= 15 is 0 Å². The van der Waals surface area contributed by atoms with Crippen LogP contribution in [0.1, 0.15) is 44.4 Å². The Balaban J connectivity index is 2.14. The smallest absolute Gasteiger partial charge is 0.0726 e. The summed E-state index contributed by atoms with van der Waals surface area (Å²) < 4.78 is 1.16. The van der Waals surface area contributed by atoms with Crippen molar-refractivity contribution in [3.05, 3.63) is 20.8 Å². The minimum Gasteiger partial charge on any atom is -0.389 e. The van der Waals surface area contributed by atoms with Crippen molar-refractivity contribution in [3.63, 3.8) is 0 Å². The molecule has 1 aromatic heterocycles. The largest absolute Gasteiger partial charge is 0.389 e. The van der Waals surface area contributed by atoms with E-state index in [1.807, 2.05) is 0 Å². The summed E-state index contributed by atoms with van der Waals surface area (Å²) in [7, 11) is 0. The third-order valence-corrected chi connectivity index (χ3v) is 5.60. The number of halogens is 1. The molecule has 3 heteroatoms. The molecule has 2 rings (SSSR count). The SMILES string of the molecule is CC(C)C1CCCCC1(O)Cc1ccc(Br)s1. The zero-order chi connectivity index (χ0) is 12.5. The van der Waals surface area contributed by atoms with Gasteiger partial charge in [0.15, 0.2) is 0 Å². The fraction of sp³-hybridized carbons (Fsp3) is 0.714. The molecule has 0 radical (unpaired) electrons. The lowest BCUT2D eigenvalue weighted by Gasteiger charge is -2.42. The highest BCUT2D eigenvalue weighted by molar-refractivity contribution is 9.11. The minimum absolute atomic E-state index is 0.456. The summed E-state index contributed by atoms with van der Waals surface area (Å²) >= 11 is 5.25. The third-order valence-electron chi connectivity index (χ3n) is 3.98. The molecule has 0 bridgehead atoms. The van der Waals surface area contributed by atoms with Crippen LogP contribution < -0.4 is 0 Å². The van der Waals surface area contributed by atoms with Crippen LogP contribution >= 0.6 is 27.3 Å². The molecule has 1 fully saturated rings. The first-order valence-electron chi connectivity index (χ1n) is 6.48. The molecule has 1 saturated carbocycles. The summed E-state index contributed by atoms with van der Waals surface area (Å²) in [6.07, 6.45) is 5.42. The van der Waals surface area contributed by atoms with Crippen molar-refractivity contribution in [1.29, 1.82) is 0 Å². The van der Waals surface area contributed by atoms with E-state index in [4.69, 9.17) is 0 Å². The molecule has 1 heterocycles. The molecule has 1 aliphatic rings. The van der Waals surface area contributed by atoms with Gasteiger partial charge in [-0.25, -0.2) is 0 Å². The maximum absolute atomic E-state index is 11.0. The van der Waals surface area contributed by atoms with Gasteiger partial charge in [-0.05, 0) is 52.7 Å². The van der Waals surface area contributed by atoms with Gasteiger partial charge >= 0.3 is 0 Å². The Bertz CT molecular complexity index is 374. The monoisotopic (exact) mass is 316 g/mol. The topological polar surface area (TPSA) is 20.2 Å². The van der Waals surface area contributed by atoms with Crippen molar-refractivity contribution in [1.82, 2.24) is 0 Å². The van der Waals surface area contributed by atoms with Gasteiger partial charge in [0, 0.05) is 11.3 Å². The number of hydrogen-bond donors (Lipinski definition) is 1. The molecule has 96 valence electrons. The van der Waals surface area contributed by atoms with E-state index < -0.39 is 5.60 Å². The minimum atomic E-state index is -0.475. The normalized spacial score (nSPS) is 29.8. The zero-order valence-corrected chi connectivity index (χ0v) is 13.0. The predicted octanol–water partition coefficient (Wildman–Crippen LogP) is 4.63. The van der Waals surface area contributed by atoms with Crippen LogP contribution in [0.5, 0.6) is 0 Å². The Morgan fingerprint density at radius 1 is 1.47 bits per heavy atom. The van der Waals surface area contributed by atoms with Crippen LogP contribution in [0.2, 0.25) is 0 Å². The van der Waals surface area contributed by atoms with Gasteiger partial charge in [-0.1, -0.05) is 26.7 Å². The fourth-order valence-corrected chi connectivity index (χ4v) is 4.77. The Kier molecular flexibility index (Phi) is 4.32. The van der Waals surface area contributed by atoms with Crippen LogP contribution in [0.15, 0.2) is 15.9 Å². The maximum atomic E-state index is 11.0. The summed E-state index contributed by atoms with van der Waals surface area (Å²) in [4.78, 5) is 1.30. The average Bonchev–Trinajstić information content (AvgIpc) is 2.63. The second-order valence-electron chi connectivity index (χ2n) is 5.58. The van der Waals surface area contributed by atoms with E-state index in [0.717, 1.165) is 16.6 Å². The number of hydrogen-bond acceptors (Lipinski definition) is 2. The van der Waals surface area contributed by atoms with E-state index in [0.29, 0.717) is 11.8 Å². The predicted molar refractivity (Wildman–Crippen MR) is 77.5 cm³/mol. The lowest BCUT2D eigenvalue weighted by atomic mass is 9.68. The summed E-state index contributed by atoms with van der Waals surface area (Å²) in [5.74, 6) is 1.03. The Morgan fingerprint density at radius 3 is 2.82 bits per heavy atom. The first-order chi connectivity index (χ1) is 8.01. The lowest BCUT2D eigenvalue weighted by molar-refractivity contribution is -0.0647. The summed E-state index contributed by atoms with van der Waals surface area (Å²) in [5, 5.41) is 11.0. The molecule has 1 aromatic rings. The standard InChI is InChI=1S/C14H21BrOS/c1-10(2)12-5-3-4-8-14(12,16)9-11-6-7-13(15)17-11/h6-7,10,12,16H,3-5,8-9H2,1-2H3. The van der Waals surface area contributed by atoms with Gasteiger partial charge in [0.1, 0.15) is 0 Å². The molecule has 0 amide bonds. The highest BCUT2D eigenvalue weighted by atomic mass is 79.9. The van der Waals surface area contributed by atoms with Gasteiger partial charge in [0.2, 0.25) is 0 Å². The van der Waals surface area contributed by atoms with Crippen LogP contribution in [-0.2, 0) is 6.42 Å². The molecule has 0 aliphatic heterocycles. The Morgan fingerprint density at radius 2 is 2.24 bits per heavy atom. The molecular weight excluding hydrogens is 296 g/mol. The van der Waals surface area contributed by atoms with Crippen molar-refractivity contribution >= 4 is 27.3 Å². The molecule has 0 aromatic carbocycles. The first kappa shape index (κ1) is 13.6. The maximum Gasteiger partial charge on any atom is 0.0726 e. The van der Waals surface area contributed by atoms with Crippen LogP contribution in [-0.4, -0.2) is 10.7 Å². The highest BCUT2D eigenvalue weighted by Crippen LogP contribution is 2.41. The number of aliphatic hydroxyl groups is 1. The van der Waals surface area contributed by atoms with Crippen molar-refractivity contribution in [2.45, 2.75) is 51.6 Å². The van der Waals surface area contributed by atoms with E-state index in [1.165, 1.54) is 24.1 Å². The second-order valence-corrected chi connectivity index (χ2v) is 8.13. The highest BCUT2D eigenvalue weighted by Gasteiger charge is 2.40. The lowest BCUT2D eigenvalue weighted by Crippen LogP contribution is -2.44. The van der Waals surface area contributed by atoms with E-state index in [9.17, 15) is 5.11 Å². The van der Waals surface area contributed by atoms with Gasteiger partial charge in [0.25, 0.3) is 0 Å². The Hall–Kier alpha value is 0.140. The van der Waals surface area contributed by atoms with E-state index in [2.05, 4.69) is 41.9 Å². The van der Waals surface area contributed by atoms with Gasteiger partial charge in [0.05, 0.1) is 9.39 Å². The zero-order valence-electron chi connectivity index (χ0n) is 10.6. The van der Waals surface area contributed by atoms with Crippen LogP contribution in [0.4, 0.5) is 0 Å². The van der Waals surface area contributed by atoms with Crippen LogP contribution in [0, 0.1) is 11.8 Å². The first-order valence-corrected chi connectivity index (χ1v) is 8.09. The van der Waals surface area contributed by atoms with Gasteiger partial charge in [-0.3, -0.25) is 0 Å². The molecular formula is C14H21BrOS. The fourth-order valence-electron chi connectivity index (χ4n) is 3.17.